The summed E-state index contributed by atoms with van der Waals surface area (Å²) in [6, 6.07) is 21.6. The van der Waals surface area contributed by atoms with Gasteiger partial charge >= 0.3 is 0 Å². The third kappa shape index (κ3) is 5.98. The minimum Gasteiger partial charge on any atom is -0.493 e. The summed E-state index contributed by atoms with van der Waals surface area (Å²) < 4.78 is 10.4. The molecular formula is C36H41N5O. The van der Waals surface area contributed by atoms with Crippen LogP contribution in [0.3, 0.4) is 0 Å². The highest BCUT2D eigenvalue weighted by atomic mass is 16.5. The predicted octanol–water partition coefficient (Wildman–Crippen LogP) is 8.97. The van der Waals surface area contributed by atoms with E-state index in [1.807, 2.05) is 21.8 Å². The van der Waals surface area contributed by atoms with E-state index in [0.29, 0.717) is 5.92 Å². The number of benzene rings is 3. The van der Waals surface area contributed by atoms with Gasteiger partial charge in [-0.15, -0.1) is 0 Å². The molecule has 3 aromatic carbocycles. The van der Waals surface area contributed by atoms with Gasteiger partial charge in [0.15, 0.2) is 0 Å². The van der Waals surface area contributed by atoms with Crippen LogP contribution < -0.4 is 9.64 Å². The zero-order chi connectivity index (χ0) is 29.2. The van der Waals surface area contributed by atoms with E-state index in [0.717, 1.165) is 69.0 Å². The van der Waals surface area contributed by atoms with Gasteiger partial charge in [-0.3, -0.25) is 0 Å². The van der Waals surface area contributed by atoms with Gasteiger partial charge in [0.1, 0.15) is 5.75 Å². The molecule has 0 atom stereocenters. The van der Waals surface area contributed by atoms with Crippen LogP contribution in [0.15, 0.2) is 85.5 Å². The molecule has 0 amide bonds. The number of hydrogen-bond acceptors (Lipinski definition) is 4. The first-order chi connectivity index (χ1) is 20.3. The first-order valence-electron chi connectivity index (χ1n) is 15.1. The van der Waals surface area contributed by atoms with E-state index < -0.39 is 0 Å². The molecule has 1 saturated carbocycles. The maximum atomic E-state index is 6.51. The smallest absolute Gasteiger partial charge is 0.125 e. The second kappa shape index (κ2) is 11.9. The summed E-state index contributed by atoms with van der Waals surface area (Å²) in [5.41, 5.74) is 9.78. The van der Waals surface area contributed by atoms with Crippen LogP contribution in [0.4, 0.5) is 17.1 Å². The third-order valence-electron chi connectivity index (χ3n) is 8.43. The summed E-state index contributed by atoms with van der Waals surface area (Å²) in [4.78, 5) is 2.31. The molecule has 2 aromatic heterocycles. The normalized spacial score (nSPS) is 16.9. The maximum absolute atomic E-state index is 6.51. The van der Waals surface area contributed by atoms with Crippen molar-refractivity contribution in [2.75, 3.05) is 11.5 Å². The fraction of sp³-hybridized carbons (Fsp3) is 0.333. The van der Waals surface area contributed by atoms with Gasteiger partial charge in [-0.25, -0.2) is 9.36 Å². The van der Waals surface area contributed by atoms with Crippen molar-refractivity contribution in [1.82, 2.24) is 19.6 Å². The highest BCUT2D eigenvalue weighted by molar-refractivity contribution is 5.79. The summed E-state index contributed by atoms with van der Waals surface area (Å²) >= 11 is 0. The molecule has 6 heteroatoms. The largest absolute Gasteiger partial charge is 0.493 e. The lowest BCUT2D eigenvalue weighted by molar-refractivity contribution is 0.186. The van der Waals surface area contributed by atoms with Gasteiger partial charge in [0.2, 0.25) is 0 Å². The fourth-order valence-corrected chi connectivity index (χ4v) is 6.09. The molecule has 1 fully saturated rings. The van der Waals surface area contributed by atoms with Crippen molar-refractivity contribution in [2.24, 2.45) is 11.8 Å². The number of hydrogen-bond donors (Lipinski definition) is 0. The molecule has 0 N–H and O–H groups in total. The van der Waals surface area contributed by atoms with Gasteiger partial charge in [0, 0.05) is 29.5 Å². The first-order valence-corrected chi connectivity index (χ1v) is 15.1. The molecule has 1 aliphatic rings. The second-order valence-electron chi connectivity index (χ2n) is 12.1. The molecule has 6 rings (SSSR count). The monoisotopic (exact) mass is 559 g/mol. The molecule has 6 nitrogen and oxygen atoms in total. The van der Waals surface area contributed by atoms with Crippen molar-refractivity contribution >= 4 is 17.1 Å². The van der Waals surface area contributed by atoms with Gasteiger partial charge < -0.3 is 9.64 Å². The average molecular weight is 560 g/mol. The Kier molecular flexibility index (Phi) is 7.88. The maximum Gasteiger partial charge on any atom is 0.125 e. The minimum absolute atomic E-state index is 0.651. The lowest BCUT2D eigenvalue weighted by atomic mass is 9.83. The van der Waals surface area contributed by atoms with E-state index >= 15 is 0 Å². The third-order valence-corrected chi connectivity index (χ3v) is 8.43. The molecule has 1 aliphatic carbocycles. The van der Waals surface area contributed by atoms with Gasteiger partial charge in [0.25, 0.3) is 0 Å². The zero-order valence-electron chi connectivity index (χ0n) is 25.4. The van der Waals surface area contributed by atoms with Gasteiger partial charge in [-0.1, -0.05) is 31.9 Å². The van der Waals surface area contributed by atoms with Crippen molar-refractivity contribution in [3.63, 3.8) is 0 Å². The molecule has 5 aromatic rings. The van der Waals surface area contributed by atoms with Crippen LogP contribution in [0, 0.1) is 39.5 Å². The van der Waals surface area contributed by atoms with Crippen molar-refractivity contribution in [3.05, 3.63) is 108 Å². The summed E-state index contributed by atoms with van der Waals surface area (Å²) in [5, 5.41) is 9.12. The van der Waals surface area contributed by atoms with E-state index in [1.54, 1.807) is 0 Å². The van der Waals surface area contributed by atoms with Crippen LogP contribution in [0.1, 0.15) is 54.9 Å². The van der Waals surface area contributed by atoms with Crippen LogP contribution in [-0.4, -0.2) is 26.2 Å². The van der Waals surface area contributed by atoms with Gasteiger partial charge in [0.05, 0.1) is 30.4 Å². The molecule has 216 valence electrons. The average Bonchev–Trinajstić information content (AvgIpc) is 3.62. The van der Waals surface area contributed by atoms with Crippen LogP contribution in [0.5, 0.6) is 5.75 Å². The van der Waals surface area contributed by atoms with E-state index in [9.17, 15) is 0 Å². The SMILES string of the molecule is Cc1cnn(-c2cccc(N(c3cccc(-n4cc(C)cn4)c3)c3cc(C)c(OCC4CCC(C)CC4)c(C)c3)c2)c1. The van der Waals surface area contributed by atoms with Gasteiger partial charge in [-0.2, -0.15) is 10.2 Å². The topological polar surface area (TPSA) is 48.1 Å². The summed E-state index contributed by atoms with van der Waals surface area (Å²) in [6.07, 6.45) is 13.0. The van der Waals surface area contributed by atoms with Crippen LogP contribution >= 0.6 is 0 Å². The number of aromatic nitrogens is 4. The molecular weight excluding hydrogens is 518 g/mol. The molecule has 2 heterocycles. The zero-order valence-corrected chi connectivity index (χ0v) is 25.4. The Morgan fingerprint density at radius 3 is 1.71 bits per heavy atom. The van der Waals surface area contributed by atoms with Gasteiger partial charge in [-0.05, 0) is 123 Å². The van der Waals surface area contributed by atoms with Crippen molar-refractivity contribution in [3.8, 4) is 17.1 Å². The lowest BCUT2D eigenvalue weighted by Crippen LogP contribution is -2.19. The second-order valence-corrected chi connectivity index (χ2v) is 12.1. The van der Waals surface area contributed by atoms with E-state index in [4.69, 9.17) is 4.74 Å². The fourth-order valence-electron chi connectivity index (χ4n) is 6.09. The summed E-state index contributed by atoms with van der Waals surface area (Å²) in [6.45, 7) is 11.6. The Balaban J connectivity index is 1.39. The number of nitrogens with zero attached hydrogens (tertiary/aromatic N) is 5. The first kappa shape index (κ1) is 27.8. The van der Waals surface area contributed by atoms with Crippen LogP contribution in [0.25, 0.3) is 11.4 Å². The van der Waals surface area contributed by atoms with Crippen LogP contribution in [0.2, 0.25) is 0 Å². The Morgan fingerprint density at radius 2 is 1.24 bits per heavy atom. The van der Waals surface area contributed by atoms with Crippen molar-refractivity contribution in [2.45, 2.75) is 60.3 Å². The van der Waals surface area contributed by atoms with Crippen molar-refractivity contribution < 1.29 is 4.74 Å². The Labute approximate surface area is 249 Å². The van der Waals surface area contributed by atoms with Crippen molar-refractivity contribution in [1.29, 1.82) is 0 Å². The lowest BCUT2D eigenvalue weighted by Gasteiger charge is -2.29. The Bertz CT molecular complexity index is 1570. The Morgan fingerprint density at radius 1 is 0.714 bits per heavy atom. The van der Waals surface area contributed by atoms with E-state index in [-0.39, 0.29) is 0 Å². The van der Waals surface area contributed by atoms with E-state index in [2.05, 4.69) is 123 Å². The molecule has 42 heavy (non-hydrogen) atoms. The predicted molar refractivity (Wildman–Crippen MR) is 171 cm³/mol. The molecule has 0 bridgehead atoms. The van der Waals surface area contributed by atoms with Crippen LogP contribution in [-0.2, 0) is 0 Å². The minimum atomic E-state index is 0.651. The molecule has 0 unspecified atom stereocenters. The molecule has 0 radical (unpaired) electrons. The molecule has 0 spiro atoms. The van der Waals surface area contributed by atoms with E-state index in [1.165, 1.54) is 25.7 Å². The highest BCUT2D eigenvalue weighted by Crippen LogP contribution is 2.40. The highest BCUT2D eigenvalue weighted by Gasteiger charge is 2.21. The standard InChI is InChI=1S/C36H41N5O/c1-25-12-14-30(15-13-25)24-42-36-28(4)16-35(17-29(36)5)41(33-10-6-8-31(18-33)39-22-26(2)20-37-39)34-11-7-9-32(19-34)40-23-27(3)21-38-40/h6-11,16-23,25,30H,12-15,24H2,1-5H3. The number of rotatable bonds is 8. The molecule has 0 aliphatic heterocycles. The summed E-state index contributed by atoms with van der Waals surface area (Å²) in [7, 11) is 0. The Hall–Kier alpha value is -4.32. The summed E-state index contributed by atoms with van der Waals surface area (Å²) in [5.74, 6) is 2.51. The number of anilines is 3. The number of aryl methyl sites for hydroxylation is 4. The molecule has 0 saturated heterocycles. The number of ether oxygens (including phenoxy) is 1. The quantitative estimate of drug-likeness (QED) is 0.190.